The molecule has 0 amide bonds. The molecule has 1 aromatic carbocycles. The van der Waals surface area contributed by atoms with Crippen molar-refractivity contribution < 1.29 is 8.42 Å². The van der Waals surface area contributed by atoms with Gasteiger partial charge in [0.2, 0.25) is 10.0 Å². The fraction of sp³-hybridized carbons (Fsp3) is 0.647. The van der Waals surface area contributed by atoms with Gasteiger partial charge in [-0.2, -0.15) is 0 Å². The second-order valence-corrected chi connectivity index (χ2v) is 9.67. The van der Waals surface area contributed by atoms with Crippen LogP contribution in [-0.2, 0) is 15.4 Å². The molecule has 3 nitrogen and oxygen atoms in total. The maximum atomic E-state index is 12.7. The second kappa shape index (κ2) is 5.73. The summed E-state index contributed by atoms with van der Waals surface area (Å²) >= 11 is 0. The minimum absolute atomic E-state index is 0.229. The molecule has 0 radical (unpaired) electrons. The van der Waals surface area contributed by atoms with Gasteiger partial charge in [0.25, 0.3) is 0 Å². The Morgan fingerprint density at radius 1 is 1.00 bits per heavy atom. The van der Waals surface area contributed by atoms with Crippen molar-refractivity contribution in [1.29, 1.82) is 0 Å². The lowest BCUT2D eigenvalue weighted by Gasteiger charge is -2.27. The van der Waals surface area contributed by atoms with Crippen LogP contribution < -0.4 is 4.72 Å². The van der Waals surface area contributed by atoms with Crippen molar-refractivity contribution in [3.8, 4) is 0 Å². The molecule has 0 fully saturated rings. The molecule has 1 aromatic rings. The van der Waals surface area contributed by atoms with E-state index in [0.717, 1.165) is 11.1 Å². The van der Waals surface area contributed by atoms with Crippen LogP contribution in [0.4, 0.5) is 0 Å². The van der Waals surface area contributed by atoms with E-state index in [2.05, 4.69) is 18.6 Å². The van der Waals surface area contributed by atoms with Gasteiger partial charge in [0.15, 0.2) is 0 Å². The highest BCUT2D eigenvalue weighted by molar-refractivity contribution is 7.89. The third kappa shape index (κ3) is 4.82. The fourth-order valence-corrected chi connectivity index (χ4v) is 4.00. The van der Waals surface area contributed by atoms with Crippen molar-refractivity contribution in [2.45, 2.75) is 77.2 Å². The molecule has 0 aliphatic carbocycles. The van der Waals surface area contributed by atoms with E-state index in [0.29, 0.717) is 10.8 Å². The average Bonchev–Trinajstić information content (AvgIpc) is 2.23. The Balaban J connectivity index is 3.50. The number of nitrogens with one attached hydrogen (secondary N) is 1. The van der Waals surface area contributed by atoms with Gasteiger partial charge in [-0.05, 0) is 49.3 Å². The topological polar surface area (TPSA) is 46.2 Å². The van der Waals surface area contributed by atoms with Gasteiger partial charge in [-0.1, -0.05) is 46.8 Å². The molecule has 1 N–H and O–H groups in total. The molecule has 120 valence electrons. The highest BCUT2D eigenvalue weighted by Crippen LogP contribution is 2.32. The monoisotopic (exact) mass is 311 g/mol. The molecule has 0 bridgehead atoms. The lowest BCUT2D eigenvalue weighted by atomic mass is 9.85. The van der Waals surface area contributed by atoms with Gasteiger partial charge < -0.3 is 0 Å². The summed E-state index contributed by atoms with van der Waals surface area (Å²) in [5.41, 5.74) is 1.30. The zero-order chi connectivity index (χ0) is 16.6. The normalized spacial score (nSPS) is 13.8. The van der Waals surface area contributed by atoms with Crippen LogP contribution in [0.5, 0.6) is 0 Å². The summed E-state index contributed by atoms with van der Waals surface area (Å²) in [6, 6.07) is 5.68. The minimum atomic E-state index is -3.52. The molecule has 1 rings (SSSR count). The van der Waals surface area contributed by atoms with Crippen molar-refractivity contribution in [3.05, 3.63) is 29.3 Å². The van der Waals surface area contributed by atoms with E-state index in [-0.39, 0.29) is 5.41 Å². The number of benzene rings is 1. The Kier molecular flexibility index (Phi) is 4.96. The summed E-state index contributed by atoms with van der Waals surface area (Å²) in [6.07, 6.45) is 0. The highest BCUT2D eigenvalue weighted by atomic mass is 32.2. The largest absolute Gasteiger partial charge is 0.241 e. The Morgan fingerprint density at radius 2 is 1.52 bits per heavy atom. The smallest absolute Gasteiger partial charge is 0.207 e. The molecule has 0 aliphatic heterocycles. The second-order valence-electron chi connectivity index (χ2n) is 8.02. The number of rotatable bonds is 3. The molecular formula is C17H29NO2S. The van der Waals surface area contributed by atoms with Crippen LogP contribution in [0.3, 0.4) is 0 Å². The first kappa shape index (κ1) is 18.2. The Labute approximate surface area is 130 Å². The molecule has 21 heavy (non-hydrogen) atoms. The summed E-state index contributed by atoms with van der Waals surface area (Å²) in [5, 5.41) is 0. The van der Waals surface area contributed by atoms with Gasteiger partial charge >= 0.3 is 0 Å². The maximum Gasteiger partial charge on any atom is 0.241 e. The summed E-state index contributed by atoms with van der Waals surface area (Å²) in [6.45, 7) is 15.9. The molecule has 4 heteroatoms. The van der Waals surface area contributed by atoms with E-state index in [1.165, 1.54) is 0 Å². The number of hydrogen-bond donors (Lipinski definition) is 1. The van der Waals surface area contributed by atoms with Gasteiger partial charge in [-0.25, -0.2) is 13.1 Å². The first-order valence-corrected chi connectivity index (χ1v) is 8.91. The van der Waals surface area contributed by atoms with Crippen LogP contribution in [0.15, 0.2) is 23.1 Å². The van der Waals surface area contributed by atoms with Crippen LogP contribution in [0.2, 0.25) is 0 Å². The predicted octanol–water partition coefficient (Wildman–Crippen LogP) is 4.18. The lowest BCUT2D eigenvalue weighted by Crippen LogP contribution is -2.41. The van der Waals surface area contributed by atoms with E-state index in [9.17, 15) is 8.42 Å². The zero-order valence-electron chi connectivity index (χ0n) is 14.5. The van der Waals surface area contributed by atoms with E-state index >= 15 is 0 Å². The van der Waals surface area contributed by atoms with E-state index in [4.69, 9.17) is 0 Å². The van der Waals surface area contributed by atoms with Crippen molar-refractivity contribution in [2.24, 2.45) is 0 Å². The molecule has 0 aliphatic rings. The van der Waals surface area contributed by atoms with Gasteiger partial charge in [0.1, 0.15) is 0 Å². The Hall–Kier alpha value is -0.870. The zero-order valence-corrected chi connectivity index (χ0v) is 15.4. The first-order chi connectivity index (χ1) is 9.24. The predicted molar refractivity (Wildman–Crippen MR) is 89.3 cm³/mol. The Morgan fingerprint density at radius 3 is 1.90 bits per heavy atom. The van der Waals surface area contributed by atoms with Crippen LogP contribution in [0, 0.1) is 0 Å². The van der Waals surface area contributed by atoms with E-state index in [1.54, 1.807) is 6.07 Å². The van der Waals surface area contributed by atoms with Crippen LogP contribution in [-0.4, -0.2) is 14.0 Å². The first-order valence-electron chi connectivity index (χ1n) is 7.42. The van der Waals surface area contributed by atoms with Crippen molar-refractivity contribution in [2.75, 3.05) is 0 Å². The van der Waals surface area contributed by atoms with Crippen molar-refractivity contribution >= 4 is 10.0 Å². The fourth-order valence-electron chi connectivity index (χ4n) is 2.19. The summed E-state index contributed by atoms with van der Waals surface area (Å²) in [5.74, 6) is 0.374. The van der Waals surface area contributed by atoms with Crippen LogP contribution >= 0.6 is 0 Å². The molecular weight excluding hydrogens is 282 g/mol. The van der Waals surface area contributed by atoms with Gasteiger partial charge in [-0.15, -0.1) is 0 Å². The van der Waals surface area contributed by atoms with Crippen molar-refractivity contribution in [3.63, 3.8) is 0 Å². The van der Waals surface area contributed by atoms with Gasteiger partial charge in [0.05, 0.1) is 4.90 Å². The summed E-state index contributed by atoms with van der Waals surface area (Å²) in [4.78, 5) is 0.384. The third-order valence-electron chi connectivity index (χ3n) is 3.21. The molecule has 0 saturated heterocycles. The Bertz CT molecular complexity index is 603. The summed E-state index contributed by atoms with van der Waals surface area (Å²) < 4.78 is 28.1. The molecule has 0 spiro atoms. The lowest BCUT2D eigenvalue weighted by molar-refractivity contribution is 0.487. The molecule has 0 unspecified atom stereocenters. The molecule has 0 aromatic heterocycles. The maximum absolute atomic E-state index is 12.7. The van der Waals surface area contributed by atoms with E-state index < -0.39 is 15.6 Å². The quantitative estimate of drug-likeness (QED) is 0.910. The van der Waals surface area contributed by atoms with Crippen LogP contribution in [0.1, 0.15) is 72.4 Å². The number of hydrogen-bond acceptors (Lipinski definition) is 2. The van der Waals surface area contributed by atoms with E-state index in [1.807, 2.05) is 53.7 Å². The van der Waals surface area contributed by atoms with Crippen LogP contribution in [0.25, 0.3) is 0 Å². The minimum Gasteiger partial charge on any atom is -0.207 e. The standard InChI is InChI=1S/C17H29NO2S/c1-12(2)13-9-10-15(14(11-13)16(3,4)5)21(19,20)18-17(6,7)8/h9-12,18H,1-8H3. The summed E-state index contributed by atoms with van der Waals surface area (Å²) in [7, 11) is -3.52. The average molecular weight is 311 g/mol. The molecule has 0 heterocycles. The number of sulfonamides is 1. The van der Waals surface area contributed by atoms with Gasteiger partial charge in [-0.3, -0.25) is 0 Å². The highest BCUT2D eigenvalue weighted by Gasteiger charge is 2.29. The molecule has 0 atom stereocenters. The SMILES string of the molecule is CC(C)c1ccc(S(=O)(=O)NC(C)(C)C)c(C(C)(C)C)c1. The van der Waals surface area contributed by atoms with Crippen molar-refractivity contribution in [1.82, 2.24) is 4.72 Å². The van der Waals surface area contributed by atoms with Gasteiger partial charge in [0, 0.05) is 5.54 Å². The third-order valence-corrected chi connectivity index (χ3v) is 5.02. The molecule has 0 saturated carbocycles.